The molecule has 0 saturated carbocycles. The lowest BCUT2D eigenvalue weighted by Crippen LogP contribution is -2.24. The van der Waals surface area contributed by atoms with Crippen molar-refractivity contribution in [2.75, 3.05) is 20.1 Å². The van der Waals surface area contributed by atoms with Crippen LogP contribution in [0.1, 0.15) is 43.7 Å². The van der Waals surface area contributed by atoms with Crippen LogP contribution in [0.3, 0.4) is 0 Å². The summed E-state index contributed by atoms with van der Waals surface area (Å²) in [5, 5.41) is 3.46. The first-order valence-electron chi connectivity index (χ1n) is 6.90. The molecule has 0 spiro atoms. The molecule has 18 heavy (non-hydrogen) atoms. The van der Waals surface area contributed by atoms with Crippen molar-refractivity contribution < 1.29 is 0 Å². The summed E-state index contributed by atoms with van der Waals surface area (Å²) in [6.07, 6.45) is 3.88. The van der Waals surface area contributed by atoms with Crippen LogP contribution in [0.15, 0.2) is 5.51 Å². The minimum atomic E-state index is 0.613. The molecule has 0 amide bonds. The highest BCUT2D eigenvalue weighted by Crippen LogP contribution is 2.14. The smallest absolute Gasteiger partial charge is 0.0798 e. The number of hydrogen-bond acceptors (Lipinski definition) is 4. The van der Waals surface area contributed by atoms with Crippen LogP contribution in [0.5, 0.6) is 0 Å². The Bertz CT molecular complexity index is 323. The molecule has 1 aromatic rings. The molecule has 1 rings (SSSR count). The monoisotopic (exact) mass is 269 g/mol. The summed E-state index contributed by atoms with van der Waals surface area (Å²) in [6, 6.07) is 0.613. The second-order valence-corrected chi connectivity index (χ2v) is 6.21. The first-order chi connectivity index (χ1) is 8.59. The van der Waals surface area contributed by atoms with E-state index in [4.69, 9.17) is 0 Å². The van der Waals surface area contributed by atoms with Crippen LogP contribution in [0.25, 0.3) is 0 Å². The molecule has 0 unspecified atom stereocenters. The van der Waals surface area contributed by atoms with E-state index in [9.17, 15) is 0 Å². The maximum atomic E-state index is 4.29. The molecular formula is C14H27N3S. The summed E-state index contributed by atoms with van der Waals surface area (Å²) in [4.78, 5) is 8.09. The fourth-order valence-electron chi connectivity index (χ4n) is 1.88. The van der Waals surface area contributed by atoms with Gasteiger partial charge in [0.05, 0.1) is 11.2 Å². The molecule has 1 N–H and O–H groups in total. The zero-order valence-corrected chi connectivity index (χ0v) is 13.0. The van der Waals surface area contributed by atoms with Gasteiger partial charge in [-0.2, -0.15) is 0 Å². The summed E-state index contributed by atoms with van der Waals surface area (Å²) in [5.74, 6) is 0. The fourth-order valence-corrected chi connectivity index (χ4v) is 2.73. The summed E-state index contributed by atoms with van der Waals surface area (Å²) in [6.45, 7) is 9.86. The molecule has 0 aliphatic heterocycles. The topological polar surface area (TPSA) is 28.2 Å². The van der Waals surface area contributed by atoms with Crippen molar-refractivity contribution in [3.05, 3.63) is 16.1 Å². The van der Waals surface area contributed by atoms with E-state index < -0.39 is 0 Å². The minimum Gasteiger partial charge on any atom is -0.315 e. The lowest BCUT2D eigenvalue weighted by molar-refractivity contribution is 0.318. The van der Waals surface area contributed by atoms with Crippen LogP contribution in [-0.4, -0.2) is 36.1 Å². The molecule has 3 nitrogen and oxygen atoms in total. The largest absolute Gasteiger partial charge is 0.315 e. The van der Waals surface area contributed by atoms with E-state index in [0.29, 0.717) is 6.04 Å². The van der Waals surface area contributed by atoms with E-state index >= 15 is 0 Å². The third kappa shape index (κ3) is 6.47. The Kier molecular flexibility index (Phi) is 7.47. The van der Waals surface area contributed by atoms with Crippen LogP contribution in [0.2, 0.25) is 0 Å². The lowest BCUT2D eigenvalue weighted by atomic mass is 10.2. The molecule has 0 aliphatic rings. The van der Waals surface area contributed by atoms with Gasteiger partial charge in [-0.1, -0.05) is 20.3 Å². The number of nitrogens with one attached hydrogen (secondary N) is 1. The van der Waals surface area contributed by atoms with Gasteiger partial charge in [0.25, 0.3) is 0 Å². The van der Waals surface area contributed by atoms with E-state index in [-0.39, 0.29) is 0 Å². The Morgan fingerprint density at radius 3 is 2.72 bits per heavy atom. The standard InChI is InChI=1S/C14H27N3S/c1-12(2)15-8-6-5-7-9-17(4)10-14-13(3)16-11-18-14/h11-12,15H,5-10H2,1-4H3. The first kappa shape index (κ1) is 15.6. The van der Waals surface area contributed by atoms with Crippen molar-refractivity contribution in [2.24, 2.45) is 0 Å². The molecule has 104 valence electrons. The fraction of sp³-hybridized carbons (Fsp3) is 0.786. The second kappa shape index (κ2) is 8.62. The molecular weight excluding hydrogens is 242 g/mol. The Labute approximate surface area is 116 Å². The molecule has 0 atom stereocenters. The zero-order chi connectivity index (χ0) is 13.4. The van der Waals surface area contributed by atoms with E-state index in [1.807, 2.05) is 5.51 Å². The quantitative estimate of drug-likeness (QED) is 0.698. The SMILES string of the molecule is Cc1ncsc1CN(C)CCCCCNC(C)C. The van der Waals surface area contributed by atoms with Crippen LogP contribution in [0.4, 0.5) is 0 Å². The summed E-state index contributed by atoms with van der Waals surface area (Å²) < 4.78 is 0. The molecule has 0 aromatic carbocycles. The van der Waals surface area contributed by atoms with Crippen molar-refractivity contribution >= 4 is 11.3 Å². The van der Waals surface area contributed by atoms with Gasteiger partial charge in [-0.05, 0) is 39.9 Å². The highest BCUT2D eigenvalue weighted by Gasteiger charge is 2.05. The van der Waals surface area contributed by atoms with Gasteiger partial charge in [-0.3, -0.25) is 0 Å². The van der Waals surface area contributed by atoms with Crippen molar-refractivity contribution in [2.45, 2.75) is 52.6 Å². The van der Waals surface area contributed by atoms with E-state index in [1.165, 1.54) is 36.4 Å². The number of hydrogen-bond donors (Lipinski definition) is 1. The number of unbranched alkanes of at least 4 members (excludes halogenated alkanes) is 2. The van der Waals surface area contributed by atoms with Crippen molar-refractivity contribution in [1.29, 1.82) is 0 Å². The van der Waals surface area contributed by atoms with Gasteiger partial charge in [0.2, 0.25) is 0 Å². The third-order valence-electron chi connectivity index (χ3n) is 3.03. The number of aromatic nitrogens is 1. The van der Waals surface area contributed by atoms with Gasteiger partial charge in [0.15, 0.2) is 0 Å². The minimum absolute atomic E-state index is 0.613. The van der Waals surface area contributed by atoms with E-state index in [1.54, 1.807) is 11.3 Å². The maximum Gasteiger partial charge on any atom is 0.0798 e. The Hall–Kier alpha value is -0.450. The molecule has 0 radical (unpaired) electrons. The highest BCUT2D eigenvalue weighted by atomic mass is 32.1. The second-order valence-electron chi connectivity index (χ2n) is 5.27. The van der Waals surface area contributed by atoms with Crippen LogP contribution < -0.4 is 5.32 Å². The normalized spacial score (nSPS) is 11.7. The first-order valence-corrected chi connectivity index (χ1v) is 7.78. The van der Waals surface area contributed by atoms with Crippen LogP contribution in [0, 0.1) is 6.92 Å². The average molecular weight is 269 g/mol. The summed E-state index contributed by atoms with van der Waals surface area (Å²) in [5.41, 5.74) is 3.13. The van der Waals surface area contributed by atoms with Gasteiger partial charge in [0.1, 0.15) is 0 Å². The van der Waals surface area contributed by atoms with Crippen molar-refractivity contribution in [3.63, 3.8) is 0 Å². The summed E-state index contributed by atoms with van der Waals surface area (Å²) >= 11 is 1.77. The van der Waals surface area contributed by atoms with Gasteiger partial charge in [-0.25, -0.2) is 4.98 Å². The van der Waals surface area contributed by atoms with E-state index in [0.717, 1.165) is 13.1 Å². The van der Waals surface area contributed by atoms with Gasteiger partial charge in [0, 0.05) is 17.5 Å². The number of thiazole rings is 1. The number of aryl methyl sites for hydroxylation is 1. The van der Waals surface area contributed by atoms with Gasteiger partial charge in [-0.15, -0.1) is 11.3 Å². The molecule has 0 fully saturated rings. The predicted octanol–water partition coefficient (Wildman–Crippen LogP) is 3.05. The highest BCUT2D eigenvalue weighted by molar-refractivity contribution is 7.09. The van der Waals surface area contributed by atoms with Gasteiger partial charge < -0.3 is 10.2 Å². The maximum absolute atomic E-state index is 4.29. The molecule has 0 aliphatic carbocycles. The average Bonchev–Trinajstić information content (AvgIpc) is 2.69. The summed E-state index contributed by atoms with van der Waals surface area (Å²) in [7, 11) is 2.20. The Morgan fingerprint density at radius 1 is 1.33 bits per heavy atom. The number of nitrogens with zero attached hydrogens (tertiary/aromatic N) is 2. The van der Waals surface area contributed by atoms with Crippen LogP contribution in [-0.2, 0) is 6.54 Å². The molecule has 1 aromatic heterocycles. The molecule has 0 saturated heterocycles. The van der Waals surface area contributed by atoms with Crippen molar-refractivity contribution in [1.82, 2.24) is 15.2 Å². The number of rotatable bonds is 9. The van der Waals surface area contributed by atoms with Crippen LogP contribution >= 0.6 is 11.3 Å². The predicted molar refractivity (Wildman–Crippen MR) is 80.2 cm³/mol. The zero-order valence-electron chi connectivity index (χ0n) is 12.2. The van der Waals surface area contributed by atoms with Crippen molar-refractivity contribution in [3.8, 4) is 0 Å². The third-order valence-corrected chi connectivity index (χ3v) is 3.95. The molecule has 1 heterocycles. The van der Waals surface area contributed by atoms with Gasteiger partial charge >= 0.3 is 0 Å². The molecule has 0 bridgehead atoms. The lowest BCUT2D eigenvalue weighted by Gasteiger charge is -2.16. The van der Waals surface area contributed by atoms with E-state index in [2.05, 4.69) is 43.0 Å². The Balaban J connectivity index is 2.04. The Morgan fingerprint density at radius 2 is 2.11 bits per heavy atom. The molecule has 4 heteroatoms.